The summed E-state index contributed by atoms with van der Waals surface area (Å²) >= 11 is 0. The van der Waals surface area contributed by atoms with Crippen molar-refractivity contribution < 1.29 is 23.9 Å². The maximum atomic E-state index is 10.8. The van der Waals surface area contributed by atoms with Crippen molar-refractivity contribution in [2.24, 2.45) is 0 Å². The van der Waals surface area contributed by atoms with Crippen LogP contribution in [0.1, 0.15) is 6.92 Å². The number of hydrogen-bond donors (Lipinski definition) is 0. The molecular weight excluding hydrogens is 176 g/mol. The lowest BCUT2D eigenvalue weighted by Gasteiger charge is -2.01. The van der Waals surface area contributed by atoms with Crippen molar-refractivity contribution in [1.82, 2.24) is 0 Å². The van der Waals surface area contributed by atoms with E-state index in [1.807, 2.05) is 0 Å². The van der Waals surface area contributed by atoms with Crippen molar-refractivity contribution in [2.45, 2.75) is 6.92 Å². The Bertz CT molecular complexity index is 272. The molecule has 0 saturated carbocycles. The number of hydrogen-bond acceptors (Lipinski definition) is 5. The molecular formula is C8H8O5. The maximum Gasteiger partial charge on any atom is 0.350 e. The van der Waals surface area contributed by atoms with Crippen molar-refractivity contribution in [3.8, 4) is 0 Å². The molecule has 0 unspecified atom stereocenters. The Hall–Kier alpha value is -1.87. The van der Waals surface area contributed by atoms with E-state index < -0.39 is 17.5 Å². The molecule has 0 saturated heterocycles. The van der Waals surface area contributed by atoms with Crippen LogP contribution in [0.3, 0.4) is 0 Å². The van der Waals surface area contributed by atoms with E-state index in [0.29, 0.717) is 6.26 Å². The fraction of sp³-hybridized carbons (Fsp3) is 0.250. The summed E-state index contributed by atoms with van der Waals surface area (Å²) in [5.41, 5.74) is -0.464. The molecule has 0 fully saturated rings. The Morgan fingerprint density at radius 3 is 2.54 bits per heavy atom. The molecule has 0 radical (unpaired) electrons. The van der Waals surface area contributed by atoms with E-state index >= 15 is 0 Å². The molecule has 0 aromatic carbocycles. The highest BCUT2D eigenvalue weighted by Crippen LogP contribution is 1.97. The van der Waals surface area contributed by atoms with Gasteiger partial charge in [0.15, 0.2) is 12.2 Å². The first-order valence-corrected chi connectivity index (χ1v) is 3.39. The quantitative estimate of drug-likeness (QED) is 0.153. The van der Waals surface area contributed by atoms with Gasteiger partial charge in [-0.25, -0.2) is 14.4 Å². The van der Waals surface area contributed by atoms with Gasteiger partial charge in [0.05, 0.1) is 6.61 Å². The maximum absolute atomic E-state index is 10.8. The second-order valence-electron chi connectivity index (χ2n) is 1.84. The highest BCUT2D eigenvalue weighted by Gasteiger charge is 2.17. The minimum atomic E-state index is -1.03. The van der Waals surface area contributed by atoms with Gasteiger partial charge >= 0.3 is 11.9 Å². The van der Waals surface area contributed by atoms with Crippen LogP contribution in [0.15, 0.2) is 18.4 Å². The third-order valence-electron chi connectivity index (χ3n) is 0.982. The zero-order valence-electron chi connectivity index (χ0n) is 7.03. The molecule has 0 aliphatic rings. The van der Waals surface area contributed by atoms with E-state index in [1.165, 1.54) is 5.94 Å². The number of esters is 2. The van der Waals surface area contributed by atoms with E-state index in [0.717, 1.165) is 0 Å². The summed E-state index contributed by atoms with van der Waals surface area (Å²) in [6.45, 7) is 4.85. The van der Waals surface area contributed by atoms with Crippen molar-refractivity contribution >= 4 is 17.9 Å². The SMILES string of the molecule is C=C(C(=O)OC=C=O)C(=O)OCC. The van der Waals surface area contributed by atoms with E-state index in [9.17, 15) is 14.4 Å². The van der Waals surface area contributed by atoms with E-state index in [4.69, 9.17) is 0 Å². The average molecular weight is 184 g/mol. The minimum absolute atomic E-state index is 0.134. The normalized spacial score (nSPS) is 8.08. The molecule has 0 aromatic heterocycles. The molecule has 0 aliphatic carbocycles. The van der Waals surface area contributed by atoms with Crippen molar-refractivity contribution in [2.75, 3.05) is 6.61 Å². The Balaban J connectivity index is 4.17. The molecule has 13 heavy (non-hydrogen) atoms. The topological polar surface area (TPSA) is 69.7 Å². The Morgan fingerprint density at radius 1 is 1.46 bits per heavy atom. The molecule has 0 aromatic rings. The van der Waals surface area contributed by atoms with Crippen molar-refractivity contribution in [3.63, 3.8) is 0 Å². The molecule has 0 N–H and O–H groups in total. The molecule has 0 bridgehead atoms. The predicted octanol–water partition coefficient (Wildman–Crippen LogP) is -0.00580. The Labute approximate surface area is 74.6 Å². The van der Waals surface area contributed by atoms with E-state index in [1.54, 1.807) is 6.92 Å². The lowest BCUT2D eigenvalue weighted by atomic mass is 10.3. The largest absolute Gasteiger partial charge is 0.462 e. The van der Waals surface area contributed by atoms with Gasteiger partial charge in [-0.3, -0.25) is 0 Å². The average Bonchev–Trinajstić information content (AvgIpc) is 2.13. The predicted molar refractivity (Wildman–Crippen MR) is 42.1 cm³/mol. The van der Waals surface area contributed by atoms with Crippen molar-refractivity contribution in [3.05, 3.63) is 18.4 Å². The fourth-order valence-electron chi connectivity index (χ4n) is 0.450. The summed E-state index contributed by atoms with van der Waals surface area (Å²) in [6, 6.07) is 0. The first-order chi connectivity index (χ1) is 6.13. The molecule has 5 heteroatoms. The van der Waals surface area contributed by atoms with Crippen LogP contribution in [0, 0.1) is 0 Å². The molecule has 5 nitrogen and oxygen atoms in total. The first-order valence-electron chi connectivity index (χ1n) is 3.39. The third-order valence-corrected chi connectivity index (χ3v) is 0.982. The summed E-state index contributed by atoms with van der Waals surface area (Å²) in [4.78, 5) is 31.2. The van der Waals surface area contributed by atoms with Gasteiger partial charge in [0.2, 0.25) is 0 Å². The van der Waals surface area contributed by atoms with Crippen LogP contribution < -0.4 is 0 Å². The van der Waals surface area contributed by atoms with Crippen LogP contribution in [-0.4, -0.2) is 24.5 Å². The van der Waals surface area contributed by atoms with Crippen LogP contribution >= 0.6 is 0 Å². The molecule has 0 amide bonds. The number of carbonyl (C=O) groups is 2. The number of carbonyl (C=O) groups excluding carboxylic acids is 3. The van der Waals surface area contributed by atoms with Gasteiger partial charge in [-0.15, -0.1) is 0 Å². The number of rotatable bonds is 4. The van der Waals surface area contributed by atoms with E-state index in [2.05, 4.69) is 16.1 Å². The van der Waals surface area contributed by atoms with Gasteiger partial charge in [0.1, 0.15) is 5.57 Å². The van der Waals surface area contributed by atoms with Gasteiger partial charge in [0, 0.05) is 0 Å². The van der Waals surface area contributed by atoms with Crippen molar-refractivity contribution in [1.29, 1.82) is 0 Å². The molecule has 0 spiro atoms. The van der Waals surface area contributed by atoms with E-state index in [-0.39, 0.29) is 6.61 Å². The third kappa shape index (κ3) is 3.88. The minimum Gasteiger partial charge on any atom is -0.462 e. The van der Waals surface area contributed by atoms with Gasteiger partial charge in [0.25, 0.3) is 0 Å². The van der Waals surface area contributed by atoms with Crippen LogP contribution in [-0.2, 0) is 23.9 Å². The number of ether oxygens (including phenoxy) is 2. The van der Waals surface area contributed by atoms with Crippen LogP contribution in [0.5, 0.6) is 0 Å². The lowest BCUT2D eigenvalue weighted by molar-refractivity contribution is -0.144. The highest BCUT2D eigenvalue weighted by atomic mass is 16.5. The van der Waals surface area contributed by atoms with Crippen LogP contribution in [0.4, 0.5) is 0 Å². The second-order valence-corrected chi connectivity index (χ2v) is 1.84. The summed E-state index contributed by atoms with van der Waals surface area (Å²) in [6.07, 6.45) is 0.493. The smallest absolute Gasteiger partial charge is 0.350 e. The molecule has 0 rings (SSSR count). The standard InChI is InChI=1S/C8H8O5/c1-3-12-7(10)6(2)8(11)13-5-4-9/h5H,2-3H2,1H3. The summed E-state index contributed by atoms with van der Waals surface area (Å²) in [5, 5.41) is 0. The summed E-state index contributed by atoms with van der Waals surface area (Å²) in [7, 11) is 0. The molecule has 0 aliphatic heterocycles. The fourth-order valence-corrected chi connectivity index (χ4v) is 0.450. The monoisotopic (exact) mass is 184 g/mol. The second kappa shape index (κ2) is 5.74. The van der Waals surface area contributed by atoms with Gasteiger partial charge < -0.3 is 9.47 Å². The highest BCUT2D eigenvalue weighted by molar-refractivity contribution is 6.13. The Morgan fingerprint density at radius 2 is 2.08 bits per heavy atom. The van der Waals surface area contributed by atoms with Crippen LogP contribution in [0.2, 0.25) is 0 Å². The summed E-state index contributed by atoms with van der Waals surface area (Å²) < 4.78 is 8.59. The van der Waals surface area contributed by atoms with Gasteiger partial charge in [-0.2, -0.15) is 0 Å². The molecule has 70 valence electrons. The molecule has 0 heterocycles. The zero-order valence-corrected chi connectivity index (χ0v) is 7.03. The molecule has 0 atom stereocenters. The van der Waals surface area contributed by atoms with Crippen LogP contribution in [0.25, 0.3) is 0 Å². The van der Waals surface area contributed by atoms with Gasteiger partial charge in [-0.05, 0) is 6.92 Å². The first kappa shape index (κ1) is 11.1. The Kier molecular flexibility index (Phi) is 4.91. The summed E-state index contributed by atoms with van der Waals surface area (Å²) in [5.74, 6) is -0.682. The zero-order chi connectivity index (χ0) is 10.3. The van der Waals surface area contributed by atoms with Gasteiger partial charge in [-0.1, -0.05) is 6.58 Å². The lowest BCUT2D eigenvalue weighted by Crippen LogP contribution is -2.15.